The number of carbonyl (C=O) groups is 1. The Morgan fingerprint density at radius 1 is 0.971 bits per heavy atom. The number of phenolic OH excluding ortho intramolecular Hbond substituents is 1. The number of hydrogen-bond acceptors (Lipinski definition) is 4. The summed E-state index contributed by atoms with van der Waals surface area (Å²) in [6, 6.07) is 13.2. The summed E-state index contributed by atoms with van der Waals surface area (Å²) in [6.07, 6.45) is 0. The summed E-state index contributed by atoms with van der Waals surface area (Å²) < 4.78 is 13.1. The first kappa shape index (κ1) is 27.9. The number of phenols is 1. The Morgan fingerprint density at radius 3 is 2.00 bits per heavy atom. The Labute approximate surface area is 212 Å². The first-order valence-corrected chi connectivity index (χ1v) is 11.2. The van der Waals surface area contributed by atoms with Gasteiger partial charge in [-0.1, -0.05) is 53.7 Å². The second-order valence-electron chi connectivity index (χ2n) is 10.6. The topological polar surface area (TPSA) is 102 Å². The van der Waals surface area contributed by atoms with Gasteiger partial charge in [0.15, 0.2) is 0 Å². The average Bonchev–Trinajstić information content (AvgIpc) is 2.73. The van der Waals surface area contributed by atoms with Crippen LogP contribution in [0.2, 0.25) is 0 Å². The highest BCUT2D eigenvalue weighted by Gasteiger charge is 2.28. The predicted octanol–water partition coefficient (Wildman–Crippen LogP) is 2.39. The van der Waals surface area contributed by atoms with Crippen molar-refractivity contribution in [2.45, 2.75) is 58.9 Å². The number of halogens is 2. The van der Waals surface area contributed by atoms with Gasteiger partial charge in [-0.05, 0) is 46.7 Å². The van der Waals surface area contributed by atoms with Crippen LogP contribution in [0, 0.1) is 5.82 Å². The van der Waals surface area contributed by atoms with Crippen LogP contribution in [0.3, 0.4) is 0 Å². The van der Waals surface area contributed by atoms with E-state index in [0.29, 0.717) is 40.6 Å². The lowest BCUT2D eigenvalue weighted by Crippen LogP contribution is -3.00. The Kier molecular flexibility index (Phi) is 8.39. The van der Waals surface area contributed by atoms with E-state index in [4.69, 9.17) is 5.73 Å². The van der Waals surface area contributed by atoms with E-state index < -0.39 is 0 Å². The molecule has 0 saturated heterocycles. The largest absolute Gasteiger partial charge is 1.00 e. The molecule has 0 fully saturated rings. The summed E-state index contributed by atoms with van der Waals surface area (Å²) in [5.41, 5.74) is 8.71. The number of nitrogen functional groups attached to an aromatic ring is 1. The number of amides is 1. The summed E-state index contributed by atoms with van der Waals surface area (Å²) in [6.45, 7) is 12.5. The highest BCUT2D eigenvalue weighted by Crippen LogP contribution is 2.40. The van der Waals surface area contributed by atoms with Crippen molar-refractivity contribution < 1.29 is 31.7 Å². The number of rotatable bonds is 5. The van der Waals surface area contributed by atoms with Gasteiger partial charge in [0.2, 0.25) is 11.6 Å². The zero-order chi connectivity index (χ0) is 25.3. The van der Waals surface area contributed by atoms with Crippen molar-refractivity contribution in [2.75, 3.05) is 16.4 Å². The van der Waals surface area contributed by atoms with Crippen LogP contribution in [-0.4, -0.2) is 11.0 Å². The first-order chi connectivity index (χ1) is 15.8. The summed E-state index contributed by atoms with van der Waals surface area (Å²) in [5.74, 6) is 0.583. The lowest BCUT2D eigenvalue weighted by Gasteiger charge is -2.28. The monoisotopic (exact) mass is 500 g/mol. The number of pyridine rings is 1. The van der Waals surface area contributed by atoms with Crippen molar-refractivity contribution in [3.63, 3.8) is 0 Å². The van der Waals surface area contributed by atoms with Gasteiger partial charge in [0.25, 0.3) is 5.91 Å². The van der Waals surface area contributed by atoms with Crippen LogP contribution in [0.25, 0.3) is 0 Å². The fourth-order valence-corrected chi connectivity index (χ4v) is 3.63. The van der Waals surface area contributed by atoms with Gasteiger partial charge in [-0.2, -0.15) is 0 Å². The predicted molar refractivity (Wildman–Crippen MR) is 135 cm³/mol. The van der Waals surface area contributed by atoms with Gasteiger partial charge in [-0.25, -0.2) is 9.37 Å². The van der Waals surface area contributed by atoms with E-state index in [1.807, 2.05) is 41.5 Å². The molecule has 3 aromatic rings. The van der Waals surface area contributed by atoms with Crippen LogP contribution in [-0.2, 0) is 17.4 Å². The van der Waals surface area contributed by atoms with Gasteiger partial charge in [0.05, 0.1) is 6.54 Å². The molecule has 0 saturated carbocycles. The number of nitrogens with two attached hydrogens (primary N) is 1. The first-order valence-electron chi connectivity index (χ1n) is 11.2. The van der Waals surface area contributed by atoms with Gasteiger partial charge in [0, 0.05) is 22.8 Å². The highest BCUT2D eigenvalue weighted by atomic mass is 35.5. The van der Waals surface area contributed by atoms with Crippen molar-refractivity contribution in [1.82, 2.24) is 0 Å². The van der Waals surface area contributed by atoms with E-state index in [2.05, 4.69) is 15.6 Å². The normalized spacial score (nSPS) is 11.5. The molecule has 0 radical (unpaired) electrons. The Balaban J connectivity index is 0.00000432. The molecule has 6 N–H and O–H groups in total. The number of hydrogen-bond donors (Lipinski definition) is 4. The van der Waals surface area contributed by atoms with Crippen LogP contribution in [0.1, 0.15) is 68.6 Å². The maximum absolute atomic E-state index is 13.2. The number of H-pyrrole nitrogens is 1. The molecular weight excluding hydrogens is 467 g/mol. The summed E-state index contributed by atoms with van der Waals surface area (Å²) in [7, 11) is 0. The molecule has 8 heteroatoms. The minimum Gasteiger partial charge on any atom is -1.00 e. The van der Waals surface area contributed by atoms with E-state index in [9.17, 15) is 14.3 Å². The van der Waals surface area contributed by atoms with E-state index in [1.165, 1.54) is 12.1 Å². The van der Waals surface area contributed by atoms with Gasteiger partial charge in [-0.3, -0.25) is 4.79 Å². The second kappa shape index (κ2) is 10.5. The van der Waals surface area contributed by atoms with Crippen molar-refractivity contribution in [2.24, 2.45) is 0 Å². The quantitative estimate of drug-likeness (QED) is 0.432. The van der Waals surface area contributed by atoms with Gasteiger partial charge in [0.1, 0.15) is 17.3 Å². The van der Waals surface area contributed by atoms with Crippen molar-refractivity contribution in [3.8, 4) is 5.75 Å². The number of anilines is 3. The van der Waals surface area contributed by atoms with Gasteiger partial charge >= 0.3 is 0 Å². The third kappa shape index (κ3) is 6.85. The molecular formula is C27H34ClFN4O2. The molecule has 0 aliphatic heterocycles. The van der Waals surface area contributed by atoms with Crippen molar-refractivity contribution in [1.29, 1.82) is 0 Å². The van der Waals surface area contributed by atoms with Gasteiger partial charge < -0.3 is 33.9 Å². The lowest BCUT2D eigenvalue weighted by molar-refractivity contribution is -0.342. The molecule has 0 aliphatic rings. The standard InChI is InChI=1S/C27H33FN4O2.ClH/c1-26(2,3)19-13-17(14-20(23(19)33)27(4,5)6)25(34)31-21-11-12-22(32-24(21)29)30-15-16-7-9-18(28)10-8-16;/h7-14,33H,15H2,1-6H3,(H,31,34)(H3,29,30,32);1H. The molecule has 1 amide bonds. The number of carbonyl (C=O) groups excluding carboxylic acids is 1. The second-order valence-corrected chi connectivity index (χ2v) is 10.6. The van der Waals surface area contributed by atoms with E-state index >= 15 is 0 Å². The summed E-state index contributed by atoms with van der Waals surface area (Å²) >= 11 is 0. The van der Waals surface area contributed by atoms with E-state index in [1.54, 1.807) is 36.4 Å². The minimum atomic E-state index is -0.342. The number of benzene rings is 2. The van der Waals surface area contributed by atoms with E-state index in [0.717, 1.165) is 5.56 Å². The maximum Gasteiger partial charge on any atom is 0.255 e. The molecule has 0 unspecified atom stereocenters. The molecule has 6 nitrogen and oxygen atoms in total. The summed E-state index contributed by atoms with van der Waals surface area (Å²) in [5, 5.41) is 16.9. The third-order valence-electron chi connectivity index (χ3n) is 5.61. The van der Waals surface area contributed by atoms with Crippen LogP contribution in [0.15, 0.2) is 48.5 Å². The van der Waals surface area contributed by atoms with Crippen LogP contribution >= 0.6 is 0 Å². The lowest BCUT2D eigenvalue weighted by atomic mass is 9.78. The highest BCUT2D eigenvalue weighted by molar-refractivity contribution is 6.05. The molecule has 35 heavy (non-hydrogen) atoms. The van der Waals surface area contributed by atoms with Gasteiger partial charge in [-0.15, -0.1) is 0 Å². The smallest absolute Gasteiger partial charge is 0.255 e. The average molecular weight is 501 g/mol. The van der Waals surface area contributed by atoms with Crippen molar-refractivity contribution in [3.05, 3.63) is 76.6 Å². The number of nitrogens with one attached hydrogen (secondary N) is 3. The Hall–Kier alpha value is -3.32. The van der Waals surface area contributed by atoms with Crippen LogP contribution < -0.4 is 33.8 Å². The molecule has 1 heterocycles. The Bertz CT molecular complexity index is 1160. The molecule has 0 spiro atoms. The van der Waals surface area contributed by atoms with Crippen molar-refractivity contribution >= 4 is 23.2 Å². The number of aromatic hydroxyl groups is 1. The number of aromatic nitrogens is 1. The number of aromatic amines is 1. The molecule has 0 atom stereocenters. The molecule has 188 valence electrons. The molecule has 1 aromatic heterocycles. The van der Waals surface area contributed by atoms with Crippen LogP contribution in [0.4, 0.5) is 21.7 Å². The fraction of sp³-hybridized carbons (Fsp3) is 0.333. The Morgan fingerprint density at radius 2 is 1.51 bits per heavy atom. The van der Waals surface area contributed by atoms with Crippen LogP contribution in [0.5, 0.6) is 5.75 Å². The molecule has 3 rings (SSSR count). The molecule has 2 aromatic carbocycles. The zero-order valence-electron chi connectivity index (χ0n) is 21.0. The SMILES string of the molecule is CC(C)(C)c1cc(C(=O)Nc2ccc(NCc3ccc(F)cc3)[nH+]c2N)cc(C(C)(C)C)c1O.[Cl-]. The van der Waals surface area contributed by atoms with E-state index in [-0.39, 0.29) is 40.7 Å². The minimum absolute atomic E-state index is 0. The molecule has 0 aliphatic carbocycles. The summed E-state index contributed by atoms with van der Waals surface area (Å²) in [4.78, 5) is 16.2. The zero-order valence-corrected chi connectivity index (χ0v) is 21.8. The fourth-order valence-electron chi connectivity index (χ4n) is 3.63. The molecule has 0 bridgehead atoms. The third-order valence-corrected chi connectivity index (χ3v) is 5.61. The maximum atomic E-state index is 13.2.